The van der Waals surface area contributed by atoms with Crippen molar-refractivity contribution in [2.24, 2.45) is 0 Å². The number of aromatic nitrogens is 1. The maximum atomic E-state index is 12.3. The van der Waals surface area contributed by atoms with Crippen LogP contribution < -0.4 is 5.32 Å². The zero-order valence-electron chi connectivity index (χ0n) is 13.2. The molecule has 0 fully saturated rings. The molecule has 0 aliphatic rings. The molecule has 1 atom stereocenters. The maximum absolute atomic E-state index is 12.3. The zero-order chi connectivity index (χ0) is 17.0. The molecule has 122 valence electrons. The zero-order valence-corrected chi connectivity index (χ0v) is 14.0. The van der Waals surface area contributed by atoms with Gasteiger partial charge >= 0.3 is 0 Å². The van der Waals surface area contributed by atoms with Crippen molar-refractivity contribution in [3.8, 4) is 0 Å². The van der Waals surface area contributed by atoms with E-state index in [2.05, 4.69) is 10.3 Å². The molecule has 0 aliphatic carbocycles. The summed E-state index contributed by atoms with van der Waals surface area (Å²) in [5, 5.41) is 2.83. The van der Waals surface area contributed by atoms with Gasteiger partial charge in [0, 0.05) is 32.1 Å². The van der Waals surface area contributed by atoms with Crippen LogP contribution in [0.25, 0.3) is 0 Å². The predicted octanol–water partition coefficient (Wildman–Crippen LogP) is 1.82. The van der Waals surface area contributed by atoms with Gasteiger partial charge in [0.2, 0.25) is 10.0 Å². The number of carbonyl (C=O) groups is 1. The molecule has 0 saturated heterocycles. The van der Waals surface area contributed by atoms with Crippen LogP contribution in [-0.2, 0) is 10.0 Å². The first kappa shape index (κ1) is 17.1. The Morgan fingerprint density at radius 2 is 1.96 bits per heavy atom. The quantitative estimate of drug-likeness (QED) is 0.905. The predicted molar refractivity (Wildman–Crippen MR) is 87.4 cm³/mol. The van der Waals surface area contributed by atoms with Gasteiger partial charge in [0.25, 0.3) is 5.91 Å². The van der Waals surface area contributed by atoms with Gasteiger partial charge in [-0.1, -0.05) is 12.1 Å². The van der Waals surface area contributed by atoms with E-state index >= 15 is 0 Å². The molecule has 1 unspecified atom stereocenters. The van der Waals surface area contributed by atoms with Crippen LogP contribution in [0.4, 0.5) is 0 Å². The van der Waals surface area contributed by atoms with Crippen molar-refractivity contribution in [1.82, 2.24) is 14.6 Å². The first-order chi connectivity index (χ1) is 10.8. The van der Waals surface area contributed by atoms with Crippen LogP contribution in [0.5, 0.6) is 0 Å². The summed E-state index contributed by atoms with van der Waals surface area (Å²) in [5.41, 5.74) is 1.17. The lowest BCUT2D eigenvalue weighted by Gasteiger charge is -2.15. The van der Waals surface area contributed by atoms with Crippen LogP contribution in [0.1, 0.15) is 28.9 Å². The summed E-state index contributed by atoms with van der Waals surface area (Å²) >= 11 is 0. The van der Waals surface area contributed by atoms with E-state index in [9.17, 15) is 13.2 Å². The third-order valence-electron chi connectivity index (χ3n) is 3.41. The van der Waals surface area contributed by atoms with Gasteiger partial charge in [0.15, 0.2) is 0 Å². The van der Waals surface area contributed by atoms with Crippen molar-refractivity contribution in [1.29, 1.82) is 0 Å². The highest BCUT2D eigenvalue weighted by Gasteiger charge is 2.19. The minimum Gasteiger partial charge on any atom is -0.345 e. The number of nitrogens with zero attached hydrogens (tertiary/aromatic N) is 2. The van der Waals surface area contributed by atoms with Crippen LogP contribution >= 0.6 is 0 Å². The molecule has 1 aromatic carbocycles. The molecular weight excluding hydrogens is 314 g/mol. The first-order valence-corrected chi connectivity index (χ1v) is 8.50. The van der Waals surface area contributed by atoms with Crippen LogP contribution in [0, 0.1) is 0 Å². The highest BCUT2D eigenvalue weighted by molar-refractivity contribution is 7.89. The van der Waals surface area contributed by atoms with Crippen LogP contribution in [0.2, 0.25) is 0 Å². The van der Waals surface area contributed by atoms with E-state index in [0.717, 1.165) is 9.87 Å². The number of sulfonamides is 1. The molecule has 23 heavy (non-hydrogen) atoms. The summed E-state index contributed by atoms with van der Waals surface area (Å²) in [4.78, 5) is 16.4. The lowest BCUT2D eigenvalue weighted by Crippen LogP contribution is -2.27. The number of benzene rings is 1. The number of nitrogens with one attached hydrogen (secondary N) is 1. The molecule has 0 bridgehead atoms. The van der Waals surface area contributed by atoms with E-state index < -0.39 is 10.0 Å². The number of hydrogen-bond acceptors (Lipinski definition) is 4. The van der Waals surface area contributed by atoms with E-state index in [1.807, 2.05) is 13.0 Å². The van der Waals surface area contributed by atoms with Crippen molar-refractivity contribution in [3.63, 3.8) is 0 Å². The fourth-order valence-electron chi connectivity index (χ4n) is 2.00. The molecule has 2 aromatic rings. The van der Waals surface area contributed by atoms with Gasteiger partial charge in [-0.15, -0.1) is 0 Å². The smallest absolute Gasteiger partial charge is 0.251 e. The second-order valence-electron chi connectivity index (χ2n) is 5.30. The minimum absolute atomic E-state index is 0.0872. The van der Waals surface area contributed by atoms with Gasteiger partial charge in [0.05, 0.1) is 10.9 Å². The number of pyridine rings is 1. The molecule has 1 heterocycles. The molecule has 1 N–H and O–H groups in total. The standard InChI is InChI=1S/C16H19N3O3S/c1-12(14-7-5-9-17-11-14)18-16(20)13-6-4-8-15(10-13)23(21,22)19(2)3/h4-12H,1-3H3,(H,18,20). The maximum Gasteiger partial charge on any atom is 0.251 e. The van der Waals surface area contributed by atoms with Crippen molar-refractivity contribution in [2.45, 2.75) is 17.9 Å². The van der Waals surface area contributed by atoms with Crippen molar-refractivity contribution in [2.75, 3.05) is 14.1 Å². The lowest BCUT2D eigenvalue weighted by atomic mass is 10.1. The first-order valence-electron chi connectivity index (χ1n) is 7.06. The number of amides is 1. The summed E-state index contributed by atoms with van der Waals surface area (Å²) in [7, 11) is -0.668. The van der Waals surface area contributed by atoms with Gasteiger partial charge in [0.1, 0.15) is 0 Å². The summed E-state index contributed by atoms with van der Waals surface area (Å²) in [6, 6.07) is 9.41. The molecule has 7 heteroatoms. The molecular formula is C16H19N3O3S. The fourth-order valence-corrected chi connectivity index (χ4v) is 2.95. The third kappa shape index (κ3) is 3.94. The third-order valence-corrected chi connectivity index (χ3v) is 5.22. The summed E-state index contributed by atoms with van der Waals surface area (Å²) in [6.07, 6.45) is 3.34. The summed E-state index contributed by atoms with van der Waals surface area (Å²) < 4.78 is 25.4. The second-order valence-corrected chi connectivity index (χ2v) is 7.45. The van der Waals surface area contributed by atoms with E-state index in [1.54, 1.807) is 30.6 Å². The van der Waals surface area contributed by atoms with Crippen molar-refractivity contribution in [3.05, 3.63) is 59.9 Å². The average molecular weight is 333 g/mol. The summed E-state index contributed by atoms with van der Waals surface area (Å²) in [6.45, 7) is 1.84. The Kier molecular flexibility index (Phi) is 5.12. The molecule has 6 nitrogen and oxygen atoms in total. The van der Waals surface area contributed by atoms with Crippen molar-refractivity contribution < 1.29 is 13.2 Å². The molecule has 2 rings (SSSR count). The number of carbonyl (C=O) groups excluding carboxylic acids is 1. The van der Waals surface area contributed by atoms with E-state index in [0.29, 0.717) is 5.56 Å². The van der Waals surface area contributed by atoms with Crippen LogP contribution in [0.15, 0.2) is 53.7 Å². The van der Waals surface area contributed by atoms with E-state index in [1.165, 1.54) is 26.2 Å². The molecule has 0 spiro atoms. The number of hydrogen-bond donors (Lipinski definition) is 1. The number of rotatable bonds is 5. The molecule has 1 amide bonds. The molecule has 0 saturated carbocycles. The van der Waals surface area contributed by atoms with Gasteiger partial charge < -0.3 is 5.32 Å². The van der Waals surface area contributed by atoms with Crippen LogP contribution in [-0.4, -0.2) is 37.7 Å². The Morgan fingerprint density at radius 3 is 2.57 bits per heavy atom. The Balaban J connectivity index is 2.21. The Bertz CT molecular complexity index is 789. The topological polar surface area (TPSA) is 79.4 Å². The largest absolute Gasteiger partial charge is 0.345 e. The Labute approximate surface area is 136 Å². The highest BCUT2D eigenvalue weighted by atomic mass is 32.2. The normalized spacial score (nSPS) is 12.9. The van der Waals surface area contributed by atoms with Gasteiger partial charge in [-0.25, -0.2) is 12.7 Å². The second kappa shape index (κ2) is 6.89. The fraction of sp³-hybridized carbons (Fsp3) is 0.250. The molecule has 1 aromatic heterocycles. The monoisotopic (exact) mass is 333 g/mol. The van der Waals surface area contributed by atoms with Gasteiger partial charge in [-0.05, 0) is 36.8 Å². The van der Waals surface area contributed by atoms with Crippen LogP contribution in [0.3, 0.4) is 0 Å². The highest BCUT2D eigenvalue weighted by Crippen LogP contribution is 2.16. The SMILES string of the molecule is CC(NC(=O)c1cccc(S(=O)(=O)N(C)C)c1)c1cccnc1. The van der Waals surface area contributed by atoms with Gasteiger partial charge in [-0.2, -0.15) is 0 Å². The average Bonchev–Trinajstić information content (AvgIpc) is 2.55. The minimum atomic E-state index is -3.57. The van der Waals surface area contributed by atoms with Crippen molar-refractivity contribution >= 4 is 15.9 Å². The van der Waals surface area contributed by atoms with E-state index in [4.69, 9.17) is 0 Å². The lowest BCUT2D eigenvalue weighted by molar-refractivity contribution is 0.0939. The van der Waals surface area contributed by atoms with E-state index in [-0.39, 0.29) is 16.8 Å². The molecule has 0 aliphatic heterocycles. The Morgan fingerprint density at radius 1 is 1.22 bits per heavy atom. The van der Waals surface area contributed by atoms with Gasteiger partial charge in [-0.3, -0.25) is 9.78 Å². The molecule has 0 radical (unpaired) electrons. The Hall–Kier alpha value is -2.25. The summed E-state index contributed by atoms with van der Waals surface area (Å²) in [5.74, 6) is -0.336.